The first-order valence-electron chi connectivity index (χ1n) is 7.74. The molecule has 24 heavy (non-hydrogen) atoms. The molecule has 2 unspecified atom stereocenters. The smallest absolute Gasteiger partial charge is 0.369 e. The second-order valence-electron chi connectivity index (χ2n) is 6.43. The molecule has 3 rings (SSSR count). The van der Waals surface area contributed by atoms with Crippen LogP contribution in [0.2, 0.25) is 0 Å². The maximum atomic E-state index is 12.5. The van der Waals surface area contributed by atoms with Gasteiger partial charge in [-0.1, -0.05) is 6.07 Å². The molecule has 3 N–H and O–H groups in total. The second kappa shape index (κ2) is 6.08. The average molecular weight is 341 g/mol. The Morgan fingerprint density at radius 1 is 1.17 bits per heavy atom. The second-order valence-corrected chi connectivity index (χ2v) is 6.43. The van der Waals surface area contributed by atoms with Gasteiger partial charge in [0.2, 0.25) is 11.8 Å². The molecular formula is C16H18F3N3O2. The molecule has 1 aromatic rings. The Morgan fingerprint density at radius 3 is 2.42 bits per heavy atom. The monoisotopic (exact) mass is 341 g/mol. The van der Waals surface area contributed by atoms with Crippen LogP contribution in [-0.2, 0) is 22.7 Å². The van der Waals surface area contributed by atoms with Gasteiger partial charge in [-0.25, -0.2) is 0 Å². The molecule has 1 heterocycles. The Labute approximate surface area is 137 Å². The van der Waals surface area contributed by atoms with Crippen LogP contribution in [0.15, 0.2) is 18.2 Å². The Kier molecular flexibility index (Phi) is 4.25. The summed E-state index contributed by atoms with van der Waals surface area (Å²) in [5.41, 5.74) is 7.38. The van der Waals surface area contributed by atoms with Crippen LogP contribution in [0.3, 0.4) is 0 Å². The first kappa shape index (κ1) is 16.8. The summed E-state index contributed by atoms with van der Waals surface area (Å²) in [6, 6.07) is 5.10. The number of carbonyl (C=O) groups excluding carboxylic acids is 2. The minimum atomic E-state index is -4.23. The van der Waals surface area contributed by atoms with Crippen molar-refractivity contribution in [3.8, 4) is 0 Å². The van der Waals surface area contributed by atoms with Crippen LogP contribution >= 0.6 is 0 Å². The van der Waals surface area contributed by atoms with Gasteiger partial charge in [-0.3, -0.25) is 14.5 Å². The first-order valence-corrected chi connectivity index (χ1v) is 7.74. The van der Waals surface area contributed by atoms with Gasteiger partial charge in [-0.2, -0.15) is 13.2 Å². The van der Waals surface area contributed by atoms with Gasteiger partial charge in [-0.15, -0.1) is 0 Å². The number of anilines is 1. The van der Waals surface area contributed by atoms with E-state index in [-0.39, 0.29) is 19.0 Å². The number of primary amides is 1. The third-order valence-corrected chi connectivity index (χ3v) is 4.64. The van der Waals surface area contributed by atoms with Gasteiger partial charge in [0.25, 0.3) is 0 Å². The van der Waals surface area contributed by atoms with E-state index in [9.17, 15) is 22.8 Å². The van der Waals surface area contributed by atoms with Crippen molar-refractivity contribution in [2.24, 2.45) is 17.6 Å². The number of alkyl halides is 3. The zero-order valence-corrected chi connectivity index (χ0v) is 12.9. The normalized spacial score (nSPS) is 23.5. The minimum Gasteiger partial charge on any atom is -0.369 e. The molecule has 0 bridgehead atoms. The number of hydrogen-bond donors (Lipinski definition) is 2. The zero-order chi connectivity index (χ0) is 17.5. The van der Waals surface area contributed by atoms with E-state index in [0.717, 1.165) is 11.1 Å². The highest BCUT2D eigenvalue weighted by molar-refractivity contribution is 5.97. The van der Waals surface area contributed by atoms with Crippen LogP contribution in [0.4, 0.5) is 18.9 Å². The summed E-state index contributed by atoms with van der Waals surface area (Å²) in [6.07, 6.45) is -3.00. The largest absolute Gasteiger partial charge is 0.401 e. The van der Waals surface area contributed by atoms with E-state index in [4.69, 9.17) is 5.73 Å². The molecule has 130 valence electrons. The van der Waals surface area contributed by atoms with Crippen molar-refractivity contribution in [1.29, 1.82) is 0 Å². The molecule has 5 nitrogen and oxygen atoms in total. The lowest BCUT2D eigenvalue weighted by atomic mass is 9.72. The van der Waals surface area contributed by atoms with Gasteiger partial charge < -0.3 is 11.1 Å². The molecule has 2 amide bonds. The molecule has 2 atom stereocenters. The van der Waals surface area contributed by atoms with Crippen LogP contribution in [0, 0.1) is 11.8 Å². The molecule has 0 aromatic heterocycles. The SMILES string of the molecule is NC(=O)C1CCC1C(=O)Nc1ccc2c(c1)CN(CC(F)(F)F)C2. The molecular weight excluding hydrogens is 323 g/mol. The first-order chi connectivity index (χ1) is 11.2. The lowest BCUT2D eigenvalue weighted by Crippen LogP contribution is -2.43. The standard InChI is InChI=1S/C16H18F3N3O2/c17-16(18,19)8-22-6-9-1-2-11(5-10(9)7-22)21-15(24)13-4-3-12(13)14(20)23/h1-2,5,12-13H,3-4,6-8H2,(H2,20,23)(H,21,24). The molecule has 1 aliphatic heterocycles. The summed E-state index contributed by atoms with van der Waals surface area (Å²) >= 11 is 0. The number of carbonyl (C=O) groups is 2. The highest BCUT2D eigenvalue weighted by Crippen LogP contribution is 2.35. The molecule has 8 heteroatoms. The van der Waals surface area contributed by atoms with E-state index in [1.807, 2.05) is 0 Å². The number of nitrogens with one attached hydrogen (secondary N) is 1. The van der Waals surface area contributed by atoms with Crippen LogP contribution in [0.25, 0.3) is 0 Å². The van der Waals surface area contributed by atoms with Crippen LogP contribution in [0.5, 0.6) is 0 Å². The Balaban J connectivity index is 1.63. The lowest BCUT2D eigenvalue weighted by Gasteiger charge is -2.32. The van der Waals surface area contributed by atoms with Gasteiger partial charge in [0.05, 0.1) is 6.54 Å². The van der Waals surface area contributed by atoms with E-state index in [2.05, 4.69) is 5.32 Å². The van der Waals surface area contributed by atoms with Crippen molar-refractivity contribution in [2.45, 2.75) is 32.1 Å². The molecule has 1 aromatic carbocycles. The molecule has 0 spiro atoms. The van der Waals surface area contributed by atoms with Gasteiger partial charge in [0.15, 0.2) is 0 Å². The van der Waals surface area contributed by atoms with Crippen molar-refractivity contribution in [3.63, 3.8) is 0 Å². The number of hydrogen-bond acceptors (Lipinski definition) is 3. The van der Waals surface area contributed by atoms with Crippen LogP contribution < -0.4 is 11.1 Å². The van der Waals surface area contributed by atoms with Crippen molar-refractivity contribution < 1.29 is 22.8 Å². The fourth-order valence-electron chi connectivity index (χ4n) is 3.30. The van der Waals surface area contributed by atoms with E-state index in [0.29, 0.717) is 18.5 Å². The topological polar surface area (TPSA) is 75.4 Å². The highest BCUT2D eigenvalue weighted by Gasteiger charge is 2.40. The molecule has 1 fully saturated rings. The van der Waals surface area contributed by atoms with Crippen LogP contribution in [0.1, 0.15) is 24.0 Å². The number of nitrogens with zero attached hydrogens (tertiary/aromatic N) is 1. The number of benzene rings is 1. The molecule has 0 saturated heterocycles. The molecule has 1 saturated carbocycles. The third kappa shape index (κ3) is 3.53. The number of rotatable bonds is 4. The number of amides is 2. The third-order valence-electron chi connectivity index (χ3n) is 4.64. The van der Waals surface area contributed by atoms with Crippen molar-refractivity contribution >= 4 is 17.5 Å². The fourth-order valence-corrected chi connectivity index (χ4v) is 3.30. The highest BCUT2D eigenvalue weighted by atomic mass is 19.4. The fraction of sp³-hybridized carbons (Fsp3) is 0.500. The summed E-state index contributed by atoms with van der Waals surface area (Å²) < 4.78 is 37.4. The van der Waals surface area contributed by atoms with Gasteiger partial charge in [0.1, 0.15) is 0 Å². The maximum Gasteiger partial charge on any atom is 0.401 e. The summed E-state index contributed by atoms with van der Waals surface area (Å²) in [4.78, 5) is 24.7. The maximum absolute atomic E-state index is 12.5. The number of fused-ring (bicyclic) bond motifs is 1. The summed E-state index contributed by atoms with van der Waals surface area (Å²) in [5.74, 6) is -1.59. The zero-order valence-electron chi connectivity index (χ0n) is 12.9. The Hall–Kier alpha value is -2.09. The molecule has 0 radical (unpaired) electrons. The molecule has 1 aliphatic carbocycles. The van der Waals surface area contributed by atoms with Crippen LogP contribution in [-0.4, -0.2) is 29.4 Å². The Bertz CT molecular complexity index is 675. The van der Waals surface area contributed by atoms with E-state index in [1.54, 1.807) is 18.2 Å². The summed E-state index contributed by atoms with van der Waals surface area (Å²) in [5, 5.41) is 2.73. The Morgan fingerprint density at radius 2 is 1.83 bits per heavy atom. The predicted molar refractivity (Wildman–Crippen MR) is 80.6 cm³/mol. The quantitative estimate of drug-likeness (QED) is 0.880. The van der Waals surface area contributed by atoms with Gasteiger partial charge in [-0.05, 0) is 36.1 Å². The van der Waals surface area contributed by atoms with Gasteiger partial charge >= 0.3 is 6.18 Å². The average Bonchev–Trinajstić information content (AvgIpc) is 2.75. The lowest BCUT2D eigenvalue weighted by molar-refractivity contribution is -0.147. The van der Waals surface area contributed by atoms with E-state index < -0.39 is 30.5 Å². The predicted octanol–water partition coefficient (Wildman–Crippen LogP) is 2.01. The molecule has 2 aliphatic rings. The van der Waals surface area contributed by atoms with E-state index >= 15 is 0 Å². The van der Waals surface area contributed by atoms with Gasteiger partial charge in [0, 0.05) is 30.6 Å². The number of halogens is 3. The summed E-state index contributed by atoms with van der Waals surface area (Å²) in [6.45, 7) is -0.507. The number of nitrogens with two attached hydrogens (primary N) is 1. The van der Waals surface area contributed by atoms with Crippen molar-refractivity contribution in [2.75, 3.05) is 11.9 Å². The van der Waals surface area contributed by atoms with E-state index in [1.165, 1.54) is 4.90 Å². The summed E-state index contributed by atoms with van der Waals surface area (Å²) in [7, 11) is 0. The van der Waals surface area contributed by atoms with Crippen molar-refractivity contribution in [3.05, 3.63) is 29.3 Å². The van der Waals surface area contributed by atoms with Crippen molar-refractivity contribution in [1.82, 2.24) is 4.90 Å². The minimum absolute atomic E-state index is 0.200.